The molecule has 0 fully saturated rings. The van der Waals surface area contributed by atoms with Crippen LogP contribution in [0.1, 0.15) is 16.9 Å². The number of nitrogens with one attached hydrogen (secondary N) is 2. The van der Waals surface area contributed by atoms with Crippen LogP contribution in [0.25, 0.3) is 0 Å². The Morgan fingerprint density at radius 3 is 2.25 bits per heavy atom. The first-order chi connectivity index (χ1) is 11.0. The van der Waals surface area contributed by atoms with Gasteiger partial charge in [0, 0.05) is 19.8 Å². The summed E-state index contributed by atoms with van der Waals surface area (Å²) in [4.78, 5) is 4.14. The van der Waals surface area contributed by atoms with Crippen molar-refractivity contribution in [2.24, 2.45) is 4.99 Å². The predicted molar refractivity (Wildman–Crippen MR) is 106 cm³/mol. The number of halogens is 1. The van der Waals surface area contributed by atoms with E-state index in [2.05, 4.69) is 15.6 Å². The summed E-state index contributed by atoms with van der Waals surface area (Å²) in [6.07, 6.45) is 2.86. The van der Waals surface area contributed by atoms with Crippen molar-refractivity contribution in [3.8, 4) is 0 Å². The molecule has 0 amide bonds. The molecule has 1 heterocycles. The quantitative estimate of drug-likeness (QED) is 0.390. The molecule has 8 heteroatoms. The van der Waals surface area contributed by atoms with Crippen LogP contribution in [0.2, 0.25) is 0 Å². The summed E-state index contributed by atoms with van der Waals surface area (Å²) in [6, 6.07) is 11.2. The monoisotopic (exact) mass is 463 g/mol. The number of hydrogen-bond donors (Lipinski definition) is 2. The zero-order valence-corrected chi connectivity index (χ0v) is 16.8. The van der Waals surface area contributed by atoms with Crippen LogP contribution in [-0.4, -0.2) is 27.7 Å². The van der Waals surface area contributed by atoms with E-state index in [1.165, 1.54) is 6.26 Å². The molecule has 0 radical (unpaired) electrons. The minimum absolute atomic E-state index is 0. The Kier molecular flexibility index (Phi) is 8.26. The highest BCUT2D eigenvalue weighted by Gasteiger charge is 2.05. The van der Waals surface area contributed by atoms with Gasteiger partial charge in [-0.2, -0.15) is 0 Å². The normalized spacial score (nSPS) is 11.7. The van der Waals surface area contributed by atoms with E-state index >= 15 is 0 Å². The summed E-state index contributed by atoms with van der Waals surface area (Å²) in [7, 11) is -1.30. The van der Waals surface area contributed by atoms with Gasteiger partial charge in [-0.1, -0.05) is 24.3 Å². The summed E-state index contributed by atoms with van der Waals surface area (Å²) in [5.41, 5.74) is 1.83. The summed E-state index contributed by atoms with van der Waals surface area (Å²) < 4.78 is 27.8. The zero-order valence-electron chi connectivity index (χ0n) is 13.7. The molecule has 1 aromatic carbocycles. The lowest BCUT2D eigenvalue weighted by Gasteiger charge is -2.11. The molecule has 2 aromatic rings. The molecule has 0 bridgehead atoms. The second-order valence-corrected chi connectivity index (χ2v) is 7.39. The predicted octanol–water partition coefficient (Wildman–Crippen LogP) is 2.31. The van der Waals surface area contributed by atoms with E-state index in [-0.39, 0.29) is 29.7 Å². The maximum Gasteiger partial charge on any atom is 0.191 e. The van der Waals surface area contributed by atoms with Crippen molar-refractivity contribution in [3.05, 3.63) is 59.5 Å². The fraction of sp³-hybridized carbons (Fsp3) is 0.312. The minimum Gasteiger partial charge on any atom is -0.467 e. The first-order valence-corrected chi connectivity index (χ1v) is 9.25. The molecule has 1 aromatic heterocycles. The first kappa shape index (κ1) is 20.5. The lowest BCUT2D eigenvalue weighted by Crippen LogP contribution is -2.36. The van der Waals surface area contributed by atoms with Gasteiger partial charge in [0.1, 0.15) is 5.76 Å². The van der Waals surface area contributed by atoms with E-state index < -0.39 is 9.84 Å². The molecule has 2 N–H and O–H groups in total. The third-order valence-corrected chi connectivity index (χ3v) is 4.00. The van der Waals surface area contributed by atoms with Crippen LogP contribution in [0.4, 0.5) is 0 Å². The molecule has 2 rings (SSSR count). The fourth-order valence-electron chi connectivity index (χ4n) is 2.05. The highest BCUT2D eigenvalue weighted by atomic mass is 127. The Labute approximate surface area is 159 Å². The lowest BCUT2D eigenvalue weighted by molar-refractivity contribution is 0.501. The van der Waals surface area contributed by atoms with Gasteiger partial charge in [-0.25, -0.2) is 8.42 Å². The van der Waals surface area contributed by atoms with Gasteiger partial charge in [-0.05, 0) is 23.3 Å². The average molecular weight is 463 g/mol. The Hall–Kier alpha value is -1.55. The number of benzene rings is 1. The largest absolute Gasteiger partial charge is 0.467 e. The smallest absolute Gasteiger partial charge is 0.191 e. The first-order valence-electron chi connectivity index (χ1n) is 7.19. The third-order valence-electron chi connectivity index (χ3n) is 3.15. The minimum atomic E-state index is -3.00. The number of aliphatic imine (C=N–C) groups is 1. The van der Waals surface area contributed by atoms with Crippen LogP contribution in [0, 0.1) is 0 Å². The van der Waals surface area contributed by atoms with E-state index in [0.717, 1.165) is 16.9 Å². The number of hydrogen-bond acceptors (Lipinski definition) is 4. The molecule has 6 nitrogen and oxygen atoms in total. The van der Waals surface area contributed by atoms with Crippen LogP contribution >= 0.6 is 24.0 Å². The second-order valence-electron chi connectivity index (χ2n) is 5.25. The van der Waals surface area contributed by atoms with Gasteiger partial charge in [0.25, 0.3) is 0 Å². The second kappa shape index (κ2) is 9.67. The summed E-state index contributed by atoms with van der Waals surface area (Å²) in [5.74, 6) is 1.56. The van der Waals surface area contributed by atoms with E-state index in [1.54, 1.807) is 13.3 Å². The third kappa shape index (κ3) is 7.35. The number of nitrogens with zero attached hydrogens (tertiary/aromatic N) is 1. The maximum absolute atomic E-state index is 11.3. The van der Waals surface area contributed by atoms with E-state index in [9.17, 15) is 8.42 Å². The highest BCUT2D eigenvalue weighted by molar-refractivity contribution is 14.0. The number of rotatable bonds is 6. The molecular weight excluding hydrogens is 441 g/mol. The van der Waals surface area contributed by atoms with Gasteiger partial charge in [-0.15, -0.1) is 24.0 Å². The van der Waals surface area contributed by atoms with Crippen molar-refractivity contribution < 1.29 is 12.8 Å². The van der Waals surface area contributed by atoms with E-state index in [4.69, 9.17) is 4.42 Å². The average Bonchev–Trinajstić information content (AvgIpc) is 3.01. The Morgan fingerprint density at radius 2 is 1.71 bits per heavy atom. The molecule has 0 spiro atoms. The van der Waals surface area contributed by atoms with Crippen molar-refractivity contribution in [2.75, 3.05) is 13.3 Å². The van der Waals surface area contributed by atoms with Gasteiger partial charge in [0.05, 0.1) is 18.6 Å². The summed E-state index contributed by atoms with van der Waals surface area (Å²) in [5, 5.41) is 6.35. The van der Waals surface area contributed by atoms with Crippen LogP contribution in [0.5, 0.6) is 0 Å². The summed E-state index contributed by atoms with van der Waals surface area (Å²) >= 11 is 0. The molecule has 0 aliphatic rings. The molecule has 132 valence electrons. The standard InChI is InChI=1S/C16H21N3O3S.HI/c1-17-16(19-11-15-4-3-9-22-15)18-10-13-5-7-14(8-6-13)12-23(2,20)21;/h3-9H,10-12H2,1-2H3,(H2,17,18,19);1H. The molecule has 0 saturated heterocycles. The lowest BCUT2D eigenvalue weighted by atomic mass is 10.1. The van der Waals surface area contributed by atoms with Crippen molar-refractivity contribution in [1.29, 1.82) is 0 Å². The molecular formula is C16H22IN3O3S. The molecule has 0 atom stereocenters. The molecule has 0 unspecified atom stereocenters. The van der Waals surface area contributed by atoms with Crippen LogP contribution in [0.15, 0.2) is 52.1 Å². The molecule has 0 aliphatic carbocycles. The van der Waals surface area contributed by atoms with Crippen molar-refractivity contribution in [2.45, 2.75) is 18.8 Å². The molecule has 0 aliphatic heterocycles. The van der Waals surface area contributed by atoms with E-state index in [1.807, 2.05) is 36.4 Å². The van der Waals surface area contributed by atoms with Crippen LogP contribution < -0.4 is 10.6 Å². The van der Waals surface area contributed by atoms with Gasteiger partial charge in [0.15, 0.2) is 15.8 Å². The number of sulfone groups is 1. The van der Waals surface area contributed by atoms with Gasteiger partial charge < -0.3 is 15.1 Å². The number of furan rings is 1. The van der Waals surface area contributed by atoms with Gasteiger partial charge >= 0.3 is 0 Å². The maximum atomic E-state index is 11.3. The SMILES string of the molecule is CN=C(NCc1ccc(CS(C)(=O)=O)cc1)NCc1ccco1.I. The summed E-state index contributed by atoms with van der Waals surface area (Å²) in [6.45, 7) is 1.15. The van der Waals surface area contributed by atoms with Crippen molar-refractivity contribution >= 4 is 39.8 Å². The fourth-order valence-corrected chi connectivity index (χ4v) is 2.84. The van der Waals surface area contributed by atoms with Crippen LogP contribution in [0.3, 0.4) is 0 Å². The van der Waals surface area contributed by atoms with E-state index in [0.29, 0.717) is 19.0 Å². The van der Waals surface area contributed by atoms with Crippen molar-refractivity contribution in [1.82, 2.24) is 10.6 Å². The highest BCUT2D eigenvalue weighted by Crippen LogP contribution is 2.07. The topological polar surface area (TPSA) is 83.7 Å². The Balaban J connectivity index is 0.00000288. The molecule has 0 saturated carbocycles. The van der Waals surface area contributed by atoms with Crippen LogP contribution in [-0.2, 0) is 28.7 Å². The molecule has 24 heavy (non-hydrogen) atoms. The van der Waals surface area contributed by atoms with Gasteiger partial charge in [0.2, 0.25) is 0 Å². The Morgan fingerprint density at radius 1 is 1.08 bits per heavy atom. The van der Waals surface area contributed by atoms with Gasteiger partial charge in [-0.3, -0.25) is 4.99 Å². The van der Waals surface area contributed by atoms with Crippen molar-refractivity contribution in [3.63, 3.8) is 0 Å². The number of guanidine groups is 1. The Bertz CT molecular complexity index is 741. The zero-order chi connectivity index (χ0) is 16.7.